The second-order valence-corrected chi connectivity index (χ2v) is 11.3. The summed E-state index contributed by atoms with van der Waals surface area (Å²) in [4.78, 5) is 43.8. The number of benzene rings is 1. The van der Waals surface area contributed by atoms with Gasteiger partial charge in [-0.1, -0.05) is 26.5 Å². The Morgan fingerprint density at radius 1 is 1.18 bits per heavy atom. The van der Waals surface area contributed by atoms with Gasteiger partial charge in [-0.25, -0.2) is 23.1 Å². The molecule has 0 saturated carbocycles. The Balaban J connectivity index is 1.68. The quantitative estimate of drug-likeness (QED) is 0.338. The van der Waals surface area contributed by atoms with Gasteiger partial charge in [0.05, 0.1) is 34.6 Å². The second-order valence-electron chi connectivity index (χ2n) is 11.3. The van der Waals surface area contributed by atoms with Gasteiger partial charge in [-0.05, 0) is 49.6 Å². The van der Waals surface area contributed by atoms with Gasteiger partial charge in [-0.3, -0.25) is 9.78 Å². The Hall–Kier alpha value is -4.87. The number of aromatic nitrogens is 4. The highest BCUT2D eigenvalue weighted by Gasteiger charge is 2.31. The summed E-state index contributed by atoms with van der Waals surface area (Å²) in [6, 6.07) is 7.05. The fourth-order valence-electron chi connectivity index (χ4n) is 5.91. The van der Waals surface area contributed by atoms with Crippen LogP contribution < -0.4 is 20.6 Å². The predicted molar refractivity (Wildman–Crippen MR) is 165 cm³/mol. The number of ether oxygens (including phenoxy) is 1. The fourth-order valence-corrected chi connectivity index (χ4v) is 5.91. The molecular weight excluding hydrogens is 568 g/mol. The molecule has 2 aliphatic heterocycles. The lowest BCUT2D eigenvalue weighted by atomic mass is 10.1. The maximum atomic E-state index is 16.2. The van der Waals surface area contributed by atoms with E-state index in [2.05, 4.69) is 26.8 Å². The first-order chi connectivity index (χ1) is 21.2. The van der Waals surface area contributed by atoms with Gasteiger partial charge in [0.15, 0.2) is 11.5 Å². The highest BCUT2D eigenvalue weighted by molar-refractivity contribution is 5.92. The summed E-state index contributed by atoms with van der Waals surface area (Å²) < 4.78 is 38.9. The Labute approximate surface area is 253 Å². The number of anilines is 2. The van der Waals surface area contributed by atoms with E-state index in [-0.39, 0.29) is 58.3 Å². The molecule has 2 aliphatic rings. The van der Waals surface area contributed by atoms with Crippen molar-refractivity contribution in [2.75, 3.05) is 43.0 Å². The summed E-state index contributed by atoms with van der Waals surface area (Å²) in [5, 5.41) is 3.65. The monoisotopic (exact) mass is 601 g/mol. The summed E-state index contributed by atoms with van der Waals surface area (Å²) >= 11 is 0. The van der Waals surface area contributed by atoms with E-state index in [0.29, 0.717) is 49.7 Å². The Bertz CT molecular complexity index is 1840. The van der Waals surface area contributed by atoms with E-state index in [1.165, 1.54) is 28.8 Å². The van der Waals surface area contributed by atoms with E-state index in [4.69, 9.17) is 4.74 Å². The molecule has 4 aromatic rings. The van der Waals surface area contributed by atoms with Gasteiger partial charge >= 0.3 is 5.69 Å². The van der Waals surface area contributed by atoms with E-state index in [0.717, 1.165) is 0 Å². The lowest BCUT2D eigenvalue weighted by Gasteiger charge is -2.40. The molecule has 1 aromatic carbocycles. The van der Waals surface area contributed by atoms with Crippen LogP contribution in [-0.4, -0.2) is 69.2 Å². The zero-order valence-electron chi connectivity index (χ0n) is 24.8. The van der Waals surface area contributed by atoms with Crippen molar-refractivity contribution in [3.05, 3.63) is 77.0 Å². The maximum Gasteiger partial charge on any atom is 0.355 e. The van der Waals surface area contributed by atoms with Crippen LogP contribution in [0.1, 0.15) is 38.8 Å². The number of nitrogens with one attached hydrogen (secondary N) is 1. The molecule has 228 valence electrons. The smallest absolute Gasteiger partial charge is 0.355 e. The van der Waals surface area contributed by atoms with Crippen molar-refractivity contribution >= 4 is 28.4 Å². The van der Waals surface area contributed by atoms with Crippen molar-refractivity contribution in [1.82, 2.24) is 24.4 Å². The molecule has 1 saturated heterocycles. The van der Waals surface area contributed by atoms with E-state index in [9.17, 15) is 9.59 Å². The third-order valence-electron chi connectivity index (χ3n) is 8.02. The largest absolute Gasteiger partial charge is 0.493 e. The van der Waals surface area contributed by atoms with E-state index in [1.54, 1.807) is 23.2 Å². The minimum Gasteiger partial charge on any atom is -0.493 e. The molecule has 0 radical (unpaired) electrons. The van der Waals surface area contributed by atoms with Crippen LogP contribution in [0.5, 0.6) is 5.75 Å². The first kappa shape index (κ1) is 29.2. The van der Waals surface area contributed by atoms with Crippen molar-refractivity contribution in [3.8, 4) is 22.7 Å². The van der Waals surface area contributed by atoms with Crippen molar-refractivity contribution in [3.63, 3.8) is 0 Å². The number of fused-ring (bicyclic) bond motifs is 5. The Kier molecular flexibility index (Phi) is 7.74. The number of carbonyl (C=O) groups is 1. The molecule has 1 N–H and O–H groups in total. The maximum absolute atomic E-state index is 16.2. The zero-order valence-corrected chi connectivity index (χ0v) is 24.8. The Morgan fingerprint density at radius 3 is 2.75 bits per heavy atom. The Morgan fingerprint density at radius 2 is 2.00 bits per heavy atom. The number of rotatable bonds is 3. The molecule has 1 fully saturated rings. The predicted octanol–water partition coefficient (Wildman–Crippen LogP) is 4.66. The number of piperazine rings is 1. The number of amides is 1. The van der Waals surface area contributed by atoms with Gasteiger partial charge in [0.25, 0.3) is 0 Å². The molecule has 5 heterocycles. The highest BCUT2D eigenvalue weighted by atomic mass is 19.1. The number of nitrogens with zero attached hydrogens (tertiary/aromatic N) is 6. The molecule has 44 heavy (non-hydrogen) atoms. The van der Waals surface area contributed by atoms with Crippen LogP contribution in [0, 0.1) is 11.6 Å². The first-order valence-corrected chi connectivity index (χ1v) is 14.7. The topological polar surface area (TPSA) is 105 Å². The van der Waals surface area contributed by atoms with Crippen LogP contribution in [0.15, 0.2) is 54.0 Å². The molecule has 0 aliphatic carbocycles. The van der Waals surface area contributed by atoms with Crippen LogP contribution in [0.3, 0.4) is 0 Å². The van der Waals surface area contributed by atoms with Crippen LogP contribution in [-0.2, 0) is 4.79 Å². The van der Waals surface area contributed by atoms with E-state index >= 15 is 8.78 Å². The molecule has 1 atom stereocenters. The van der Waals surface area contributed by atoms with Gasteiger partial charge in [-0.15, -0.1) is 0 Å². The first-order valence-electron chi connectivity index (χ1n) is 14.7. The van der Waals surface area contributed by atoms with Gasteiger partial charge in [-0.2, -0.15) is 4.98 Å². The minimum absolute atomic E-state index is 0.0963. The van der Waals surface area contributed by atoms with Crippen molar-refractivity contribution in [2.45, 2.75) is 39.2 Å². The second kappa shape index (κ2) is 11.7. The summed E-state index contributed by atoms with van der Waals surface area (Å²) in [6.07, 6.45) is 3.48. The van der Waals surface area contributed by atoms with Crippen LogP contribution in [0.25, 0.3) is 28.0 Å². The summed E-state index contributed by atoms with van der Waals surface area (Å²) in [7, 11) is 0. The molecule has 1 amide bonds. The van der Waals surface area contributed by atoms with Crippen molar-refractivity contribution < 1.29 is 18.3 Å². The number of pyridine rings is 2. The number of hydrogen-bond acceptors (Lipinski definition) is 8. The number of halogens is 2. The molecule has 0 unspecified atom stereocenters. The van der Waals surface area contributed by atoms with Gasteiger partial charge in [0.1, 0.15) is 23.1 Å². The summed E-state index contributed by atoms with van der Waals surface area (Å²) in [5.74, 6) is -1.41. The minimum atomic E-state index is -0.794. The van der Waals surface area contributed by atoms with E-state index in [1.807, 2.05) is 25.7 Å². The third kappa shape index (κ3) is 5.03. The average molecular weight is 602 g/mol. The normalized spacial score (nSPS) is 16.7. The van der Waals surface area contributed by atoms with Crippen molar-refractivity contribution in [1.29, 1.82) is 0 Å². The zero-order chi connectivity index (χ0) is 31.1. The standard InChI is InChI=1S/C32H33F2N7O3/c1-5-25(42)39-13-14-40(19(4)17-39)30-20-16-22(34)28-26-21(33)8-6-9-24(26)44-15-7-11-35-23-10-12-36-27(18(2)3)29(23)41(31(20)37-28)32(43)38-30/h5-6,8-10,12,16,18-19,35H,1,7,11,13-15,17H2,2-4H3/t19-/m0/s1. The summed E-state index contributed by atoms with van der Waals surface area (Å²) in [5.41, 5.74) is 0.730. The molecule has 10 nitrogen and oxygen atoms in total. The lowest BCUT2D eigenvalue weighted by molar-refractivity contribution is -0.126. The van der Waals surface area contributed by atoms with Gasteiger partial charge in [0, 0.05) is 38.4 Å². The van der Waals surface area contributed by atoms with E-state index < -0.39 is 17.3 Å². The number of hydrogen-bond donors (Lipinski definition) is 1. The van der Waals surface area contributed by atoms with Crippen LogP contribution in [0.4, 0.5) is 20.3 Å². The van der Waals surface area contributed by atoms with Gasteiger partial charge < -0.3 is 19.9 Å². The third-order valence-corrected chi connectivity index (χ3v) is 8.02. The average Bonchev–Trinajstić information content (AvgIpc) is 3.01. The van der Waals surface area contributed by atoms with Crippen LogP contribution in [0.2, 0.25) is 0 Å². The highest BCUT2D eigenvalue weighted by Crippen LogP contribution is 2.38. The molecule has 0 spiro atoms. The molecule has 12 heteroatoms. The van der Waals surface area contributed by atoms with Crippen molar-refractivity contribution in [2.24, 2.45) is 0 Å². The molecule has 6 rings (SSSR count). The summed E-state index contributed by atoms with van der Waals surface area (Å²) in [6.45, 7) is 11.2. The molecule has 3 aromatic heterocycles. The molecular formula is C32H33F2N7O3. The lowest BCUT2D eigenvalue weighted by Crippen LogP contribution is -2.54. The van der Waals surface area contributed by atoms with Crippen LogP contribution >= 0.6 is 0 Å². The number of carbonyl (C=O) groups excluding carboxylic acids is 1. The SMILES string of the molecule is C=CC(=O)N1CCN(c2nc(=O)n3c4nc(c(F)cc24)-c2c(F)cccc2OCCCNc2ccnc(C(C)C)c2-3)[C@@H](C)C1. The fraction of sp³-hybridized carbons (Fsp3) is 0.344. The molecule has 2 bridgehead atoms. The van der Waals surface area contributed by atoms with Gasteiger partial charge in [0.2, 0.25) is 5.91 Å².